The SMILES string of the molecule is COc1ccc(OC)c(-c2cc(C(=O)NCCCOCC3CC3)no2)c1. The van der Waals surface area contributed by atoms with Gasteiger partial charge in [-0.25, -0.2) is 0 Å². The number of carbonyl (C=O) groups excluding carboxylic acids is 1. The molecule has 1 amide bonds. The van der Waals surface area contributed by atoms with E-state index in [0.717, 1.165) is 18.9 Å². The van der Waals surface area contributed by atoms with E-state index in [2.05, 4.69) is 10.5 Å². The van der Waals surface area contributed by atoms with Gasteiger partial charge in [0.2, 0.25) is 0 Å². The first-order valence-electron chi connectivity index (χ1n) is 8.76. The van der Waals surface area contributed by atoms with E-state index in [0.29, 0.717) is 36.0 Å². The minimum atomic E-state index is -0.274. The molecular formula is C19H24N2O5. The van der Waals surface area contributed by atoms with Crippen LogP contribution in [0.2, 0.25) is 0 Å². The molecule has 1 aromatic heterocycles. The van der Waals surface area contributed by atoms with Gasteiger partial charge in [-0.1, -0.05) is 5.16 Å². The van der Waals surface area contributed by atoms with E-state index in [1.807, 2.05) is 0 Å². The number of amides is 1. The summed E-state index contributed by atoms with van der Waals surface area (Å²) in [5.41, 5.74) is 0.899. The number of nitrogens with zero attached hydrogens (tertiary/aromatic N) is 1. The molecule has 1 fully saturated rings. The summed E-state index contributed by atoms with van der Waals surface area (Å²) < 4.78 is 21.4. The second kappa shape index (κ2) is 8.71. The fraction of sp³-hybridized carbons (Fsp3) is 0.474. The summed E-state index contributed by atoms with van der Waals surface area (Å²) >= 11 is 0. The molecule has 1 aliphatic rings. The van der Waals surface area contributed by atoms with Crippen LogP contribution in [0.1, 0.15) is 29.8 Å². The lowest BCUT2D eigenvalue weighted by Crippen LogP contribution is -2.25. The first-order valence-corrected chi connectivity index (χ1v) is 8.76. The molecule has 1 N–H and O–H groups in total. The van der Waals surface area contributed by atoms with Gasteiger partial charge >= 0.3 is 0 Å². The number of hydrogen-bond acceptors (Lipinski definition) is 6. The van der Waals surface area contributed by atoms with E-state index in [1.54, 1.807) is 38.5 Å². The van der Waals surface area contributed by atoms with Crippen molar-refractivity contribution in [3.8, 4) is 22.8 Å². The third kappa shape index (κ3) is 4.76. The number of hydrogen-bond donors (Lipinski definition) is 1. The van der Waals surface area contributed by atoms with Crippen LogP contribution in [0.3, 0.4) is 0 Å². The van der Waals surface area contributed by atoms with Crippen molar-refractivity contribution < 1.29 is 23.5 Å². The van der Waals surface area contributed by atoms with Gasteiger partial charge in [-0.2, -0.15) is 0 Å². The van der Waals surface area contributed by atoms with Crippen LogP contribution in [0.4, 0.5) is 0 Å². The minimum Gasteiger partial charge on any atom is -0.497 e. The van der Waals surface area contributed by atoms with Crippen molar-refractivity contribution in [2.45, 2.75) is 19.3 Å². The van der Waals surface area contributed by atoms with Crippen molar-refractivity contribution in [1.29, 1.82) is 0 Å². The molecule has 0 spiro atoms. The lowest BCUT2D eigenvalue weighted by molar-refractivity contribution is 0.0929. The van der Waals surface area contributed by atoms with E-state index in [4.69, 9.17) is 18.7 Å². The molecule has 1 heterocycles. The average Bonchev–Trinajstić information content (AvgIpc) is 3.36. The first kappa shape index (κ1) is 18.3. The third-order valence-electron chi connectivity index (χ3n) is 4.22. The van der Waals surface area contributed by atoms with Gasteiger partial charge in [0.15, 0.2) is 11.5 Å². The smallest absolute Gasteiger partial charge is 0.273 e. The van der Waals surface area contributed by atoms with Crippen molar-refractivity contribution in [3.05, 3.63) is 30.0 Å². The van der Waals surface area contributed by atoms with Gasteiger partial charge in [0, 0.05) is 25.8 Å². The molecule has 0 radical (unpaired) electrons. The number of nitrogens with one attached hydrogen (secondary N) is 1. The van der Waals surface area contributed by atoms with Gasteiger partial charge in [0.05, 0.1) is 19.8 Å². The number of methoxy groups -OCH3 is 2. The van der Waals surface area contributed by atoms with Gasteiger partial charge in [0.25, 0.3) is 5.91 Å². The highest BCUT2D eigenvalue weighted by atomic mass is 16.5. The molecule has 26 heavy (non-hydrogen) atoms. The highest BCUT2D eigenvalue weighted by Crippen LogP contribution is 2.33. The lowest BCUT2D eigenvalue weighted by Gasteiger charge is -2.07. The van der Waals surface area contributed by atoms with E-state index in [9.17, 15) is 4.79 Å². The van der Waals surface area contributed by atoms with Gasteiger partial charge < -0.3 is 24.1 Å². The topological polar surface area (TPSA) is 82.8 Å². The van der Waals surface area contributed by atoms with E-state index >= 15 is 0 Å². The predicted molar refractivity (Wildman–Crippen MR) is 95.5 cm³/mol. The zero-order valence-electron chi connectivity index (χ0n) is 15.1. The van der Waals surface area contributed by atoms with E-state index in [1.165, 1.54) is 12.8 Å². The Hall–Kier alpha value is -2.54. The van der Waals surface area contributed by atoms with Crippen molar-refractivity contribution in [2.75, 3.05) is 34.0 Å². The number of aromatic nitrogens is 1. The van der Waals surface area contributed by atoms with Crippen LogP contribution >= 0.6 is 0 Å². The Morgan fingerprint density at radius 3 is 2.85 bits per heavy atom. The molecule has 2 aromatic rings. The van der Waals surface area contributed by atoms with Crippen LogP contribution < -0.4 is 14.8 Å². The number of ether oxygens (including phenoxy) is 3. The monoisotopic (exact) mass is 360 g/mol. The summed E-state index contributed by atoms with van der Waals surface area (Å²) in [6.45, 7) is 2.03. The highest BCUT2D eigenvalue weighted by molar-refractivity contribution is 5.93. The highest BCUT2D eigenvalue weighted by Gasteiger charge is 2.21. The Kier molecular flexibility index (Phi) is 6.12. The summed E-state index contributed by atoms with van der Waals surface area (Å²) in [4.78, 5) is 12.2. The fourth-order valence-corrected chi connectivity index (χ4v) is 2.52. The van der Waals surface area contributed by atoms with Gasteiger partial charge in [0.1, 0.15) is 11.5 Å². The molecule has 1 saturated carbocycles. The van der Waals surface area contributed by atoms with Crippen LogP contribution in [0.5, 0.6) is 11.5 Å². The molecule has 0 unspecified atom stereocenters. The average molecular weight is 360 g/mol. The number of rotatable bonds is 10. The zero-order chi connectivity index (χ0) is 18.4. The molecule has 0 bridgehead atoms. The Morgan fingerprint density at radius 1 is 1.27 bits per heavy atom. The molecule has 0 aliphatic heterocycles. The molecular weight excluding hydrogens is 336 g/mol. The Labute approximate surface area is 152 Å². The van der Waals surface area contributed by atoms with Crippen LogP contribution in [-0.2, 0) is 4.74 Å². The Bertz CT molecular complexity index is 739. The maximum atomic E-state index is 12.2. The second-order valence-electron chi connectivity index (χ2n) is 6.27. The molecule has 7 nitrogen and oxygen atoms in total. The first-order chi connectivity index (χ1) is 12.7. The van der Waals surface area contributed by atoms with Gasteiger partial charge in [-0.05, 0) is 43.4 Å². The van der Waals surface area contributed by atoms with Crippen LogP contribution in [0.25, 0.3) is 11.3 Å². The second-order valence-corrected chi connectivity index (χ2v) is 6.27. The molecule has 1 aliphatic carbocycles. The summed E-state index contributed by atoms with van der Waals surface area (Å²) in [5.74, 6) is 2.20. The molecule has 3 rings (SSSR count). The van der Waals surface area contributed by atoms with Crippen molar-refractivity contribution in [2.24, 2.45) is 5.92 Å². The van der Waals surface area contributed by atoms with Crippen LogP contribution in [0, 0.1) is 5.92 Å². The minimum absolute atomic E-state index is 0.226. The summed E-state index contributed by atoms with van der Waals surface area (Å²) in [6.07, 6.45) is 3.33. The fourth-order valence-electron chi connectivity index (χ4n) is 2.52. The Balaban J connectivity index is 1.54. The molecule has 140 valence electrons. The van der Waals surface area contributed by atoms with Crippen LogP contribution in [-0.4, -0.2) is 45.0 Å². The van der Waals surface area contributed by atoms with Crippen molar-refractivity contribution >= 4 is 5.91 Å². The maximum Gasteiger partial charge on any atom is 0.273 e. The molecule has 7 heteroatoms. The molecule has 1 aromatic carbocycles. The standard InChI is InChI=1S/C19H24N2O5/c1-23-14-6-7-17(24-2)15(10-14)18-11-16(21-26-18)19(22)20-8-3-9-25-12-13-4-5-13/h6-7,10-11,13H,3-5,8-9,12H2,1-2H3,(H,20,22). The normalized spacial score (nSPS) is 13.5. The molecule has 0 saturated heterocycles. The summed E-state index contributed by atoms with van der Waals surface area (Å²) in [5, 5.41) is 6.68. The largest absolute Gasteiger partial charge is 0.497 e. The summed E-state index contributed by atoms with van der Waals surface area (Å²) in [7, 11) is 3.15. The molecule has 0 atom stereocenters. The van der Waals surface area contributed by atoms with Crippen molar-refractivity contribution in [3.63, 3.8) is 0 Å². The Morgan fingerprint density at radius 2 is 2.12 bits per heavy atom. The number of carbonyl (C=O) groups is 1. The maximum absolute atomic E-state index is 12.2. The van der Waals surface area contributed by atoms with E-state index in [-0.39, 0.29) is 11.6 Å². The quantitative estimate of drug-likeness (QED) is 0.656. The van der Waals surface area contributed by atoms with Gasteiger partial charge in [-0.3, -0.25) is 4.79 Å². The van der Waals surface area contributed by atoms with E-state index < -0.39 is 0 Å². The summed E-state index contributed by atoms with van der Waals surface area (Å²) in [6, 6.07) is 6.93. The van der Waals surface area contributed by atoms with Crippen molar-refractivity contribution in [1.82, 2.24) is 10.5 Å². The predicted octanol–water partition coefficient (Wildman–Crippen LogP) is 2.91. The lowest BCUT2D eigenvalue weighted by atomic mass is 10.1. The third-order valence-corrected chi connectivity index (χ3v) is 4.22. The zero-order valence-corrected chi connectivity index (χ0v) is 15.1. The van der Waals surface area contributed by atoms with Crippen LogP contribution in [0.15, 0.2) is 28.8 Å². The number of benzene rings is 1. The van der Waals surface area contributed by atoms with Gasteiger partial charge in [-0.15, -0.1) is 0 Å².